The third-order valence-electron chi connectivity index (χ3n) is 3.92. The predicted octanol–water partition coefficient (Wildman–Crippen LogP) is 3.15. The maximum Gasteiger partial charge on any atom is 0.333 e. The zero-order valence-electron chi connectivity index (χ0n) is 13.6. The van der Waals surface area contributed by atoms with Gasteiger partial charge < -0.3 is 14.6 Å². The maximum absolute atomic E-state index is 11.4. The van der Waals surface area contributed by atoms with Crippen LogP contribution in [-0.2, 0) is 14.3 Å². The molecule has 0 saturated carbocycles. The SMILES string of the molecule is CCOC(=O)/C(C)=C/CC/C(C)=C/CC[C@]1(C)O[C@H]1CO. The second kappa shape index (κ2) is 8.35. The summed E-state index contributed by atoms with van der Waals surface area (Å²) in [6, 6.07) is 0. The van der Waals surface area contributed by atoms with Gasteiger partial charge in [0.25, 0.3) is 0 Å². The molecule has 1 aliphatic heterocycles. The highest BCUT2D eigenvalue weighted by atomic mass is 16.6. The van der Waals surface area contributed by atoms with Crippen LogP contribution in [0.3, 0.4) is 0 Å². The normalized spacial score (nSPS) is 25.9. The molecule has 1 aliphatic rings. The highest BCUT2D eigenvalue weighted by Crippen LogP contribution is 2.39. The molecule has 1 N–H and O–H groups in total. The molecule has 0 aromatic rings. The Kier molecular flexibility index (Phi) is 7.12. The molecular formula is C17H28O4. The average molecular weight is 296 g/mol. The van der Waals surface area contributed by atoms with E-state index in [-0.39, 0.29) is 24.3 Å². The molecule has 0 aromatic carbocycles. The first kappa shape index (κ1) is 17.9. The predicted molar refractivity (Wildman–Crippen MR) is 83.0 cm³/mol. The third-order valence-corrected chi connectivity index (χ3v) is 3.92. The van der Waals surface area contributed by atoms with Crippen LogP contribution in [0.25, 0.3) is 0 Å². The molecule has 0 unspecified atom stereocenters. The van der Waals surface area contributed by atoms with E-state index in [9.17, 15) is 4.79 Å². The number of hydrogen-bond donors (Lipinski definition) is 1. The lowest BCUT2D eigenvalue weighted by Crippen LogP contribution is -2.11. The Balaban J connectivity index is 2.24. The molecule has 0 amide bonds. The van der Waals surface area contributed by atoms with Crippen molar-refractivity contribution in [2.75, 3.05) is 13.2 Å². The first-order chi connectivity index (χ1) is 9.92. The summed E-state index contributed by atoms with van der Waals surface area (Å²) in [5, 5.41) is 9.02. The van der Waals surface area contributed by atoms with Gasteiger partial charge in [-0.05, 0) is 53.4 Å². The van der Waals surface area contributed by atoms with E-state index in [0.29, 0.717) is 12.2 Å². The fourth-order valence-corrected chi connectivity index (χ4v) is 2.29. The van der Waals surface area contributed by atoms with Gasteiger partial charge in [0.15, 0.2) is 0 Å². The zero-order chi connectivity index (χ0) is 15.9. The summed E-state index contributed by atoms with van der Waals surface area (Å²) in [5.41, 5.74) is 1.85. The van der Waals surface area contributed by atoms with Gasteiger partial charge in [-0.2, -0.15) is 0 Å². The van der Waals surface area contributed by atoms with Crippen molar-refractivity contribution in [3.8, 4) is 0 Å². The van der Waals surface area contributed by atoms with Gasteiger partial charge in [-0.3, -0.25) is 0 Å². The molecule has 0 radical (unpaired) electrons. The highest BCUT2D eigenvalue weighted by Gasteiger charge is 2.50. The minimum atomic E-state index is -0.229. The molecule has 0 spiro atoms. The van der Waals surface area contributed by atoms with E-state index in [2.05, 4.69) is 13.0 Å². The molecular weight excluding hydrogens is 268 g/mol. The van der Waals surface area contributed by atoms with Crippen molar-refractivity contribution in [2.24, 2.45) is 0 Å². The van der Waals surface area contributed by atoms with Crippen LogP contribution in [0, 0.1) is 0 Å². The molecule has 0 aromatic heterocycles. The Labute approximate surface area is 127 Å². The van der Waals surface area contributed by atoms with E-state index in [1.54, 1.807) is 6.92 Å². The number of hydrogen-bond acceptors (Lipinski definition) is 4. The van der Waals surface area contributed by atoms with Crippen LogP contribution in [0.4, 0.5) is 0 Å². The smallest absolute Gasteiger partial charge is 0.333 e. The Bertz CT molecular complexity index is 411. The average Bonchev–Trinajstić information content (AvgIpc) is 3.10. The number of carbonyl (C=O) groups excluding carboxylic acids is 1. The summed E-state index contributed by atoms with van der Waals surface area (Å²) in [7, 11) is 0. The lowest BCUT2D eigenvalue weighted by atomic mass is 10.00. The second-order valence-electron chi connectivity index (χ2n) is 5.84. The Morgan fingerprint density at radius 1 is 1.33 bits per heavy atom. The Morgan fingerprint density at radius 2 is 2.05 bits per heavy atom. The second-order valence-corrected chi connectivity index (χ2v) is 5.84. The fourth-order valence-electron chi connectivity index (χ4n) is 2.29. The molecule has 1 rings (SSSR count). The Hall–Kier alpha value is -1.13. The van der Waals surface area contributed by atoms with Crippen molar-refractivity contribution in [1.29, 1.82) is 0 Å². The summed E-state index contributed by atoms with van der Waals surface area (Å²) in [6.07, 6.45) is 7.85. The summed E-state index contributed by atoms with van der Waals surface area (Å²) in [6.45, 7) is 8.27. The van der Waals surface area contributed by atoms with Crippen molar-refractivity contribution >= 4 is 5.97 Å². The number of allylic oxidation sites excluding steroid dienone is 3. The molecule has 21 heavy (non-hydrogen) atoms. The van der Waals surface area contributed by atoms with Gasteiger partial charge in [-0.1, -0.05) is 17.7 Å². The lowest BCUT2D eigenvalue weighted by molar-refractivity contribution is -0.138. The standard InChI is InChI=1S/C17H28O4/c1-5-20-16(19)14(3)10-6-8-13(2)9-7-11-17(4)15(12-18)21-17/h9-10,15,18H,5-8,11-12H2,1-4H3/b13-9+,14-10+/t15-,17-/m0/s1. The quantitative estimate of drug-likeness (QED) is 0.307. The molecule has 2 atom stereocenters. The minimum Gasteiger partial charge on any atom is -0.463 e. The van der Waals surface area contributed by atoms with Crippen LogP contribution in [0.2, 0.25) is 0 Å². The van der Waals surface area contributed by atoms with Crippen molar-refractivity contribution < 1.29 is 19.4 Å². The molecule has 1 fully saturated rings. The van der Waals surface area contributed by atoms with Crippen molar-refractivity contribution in [3.05, 3.63) is 23.3 Å². The van der Waals surface area contributed by atoms with Crippen LogP contribution >= 0.6 is 0 Å². The van der Waals surface area contributed by atoms with E-state index in [0.717, 1.165) is 25.7 Å². The highest BCUT2D eigenvalue weighted by molar-refractivity contribution is 5.87. The molecule has 4 heteroatoms. The van der Waals surface area contributed by atoms with Gasteiger partial charge >= 0.3 is 5.97 Å². The van der Waals surface area contributed by atoms with E-state index in [4.69, 9.17) is 14.6 Å². The van der Waals surface area contributed by atoms with E-state index < -0.39 is 0 Å². The Morgan fingerprint density at radius 3 is 2.62 bits per heavy atom. The van der Waals surface area contributed by atoms with E-state index in [1.807, 2.05) is 19.9 Å². The van der Waals surface area contributed by atoms with Crippen molar-refractivity contribution in [1.82, 2.24) is 0 Å². The van der Waals surface area contributed by atoms with Gasteiger partial charge in [-0.25, -0.2) is 4.79 Å². The van der Waals surface area contributed by atoms with E-state index in [1.165, 1.54) is 5.57 Å². The van der Waals surface area contributed by atoms with Crippen LogP contribution in [0.15, 0.2) is 23.3 Å². The summed E-state index contributed by atoms with van der Waals surface area (Å²) in [5.74, 6) is -0.229. The third kappa shape index (κ3) is 6.02. The molecule has 0 aliphatic carbocycles. The summed E-state index contributed by atoms with van der Waals surface area (Å²) in [4.78, 5) is 11.4. The van der Waals surface area contributed by atoms with Gasteiger partial charge in [0.05, 0.1) is 18.8 Å². The van der Waals surface area contributed by atoms with Crippen LogP contribution in [0.1, 0.15) is 53.4 Å². The number of aliphatic hydroxyl groups excluding tert-OH is 1. The maximum atomic E-state index is 11.4. The number of ether oxygens (including phenoxy) is 2. The number of esters is 1. The van der Waals surface area contributed by atoms with Crippen molar-refractivity contribution in [2.45, 2.75) is 65.1 Å². The van der Waals surface area contributed by atoms with Gasteiger partial charge in [-0.15, -0.1) is 0 Å². The van der Waals surface area contributed by atoms with Crippen LogP contribution < -0.4 is 0 Å². The number of carbonyl (C=O) groups is 1. The van der Waals surface area contributed by atoms with Crippen LogP contribution in [-0.4, -0.2) is 36.0 Å². The topological polar surface area (TPSA) is 59.1 Å². The van der Waals surface area contributed by atoms with Gasteiger partial charge in [0.2, 0.25) is 0 Å². The summed E-state index contributed by atoms with van der Waals surface area (Å²) < 4.78 is 10.4. The molecule has 1 saturated heterocycles. The zero-order valence-corrected chi connectivity index (χ0v) is 13.6. The van der Waals surface area contributed by atoms with Gasteiger partial charge in [0, 0.05) is 5.57 Å². The van der Waals surface area contributed by atoms with Gasteiger partial charge in [0.1, 0.15) is 6.10 Å². The van der Waals surface area contributed by atoms with Crippen LogP contribution in [0.5, 0.6) is 0 Å². The monoisotopic (exact) mass is 296 g/mol. The lowest BCUT2D eigenvalue weighted by Gasteiger charge is -2.04. The molecule has 4 nitrogen and oxygen atoms in total. The largest absolute Gasteiger partial charge is 0.463 e. The minimum absolute atomic E-state index is 0.0152. The number of aliphatic hydroxyl groups is 1. The molecule has 1 heterocycles. The first-order valence-corrected chi connectivity index (χ1v) is 7.71. The summed E-state index contributed by atoms with van der Waals surface area (Å²) >= 11 is 0. The number of rotatable bonds is 9. The first-order valence-electron chi connectivity index (χ1n) is 7.71. The molecule has 120 valence electrons. The van der Waals surface area contributed by atoms with Crippen molar-refractivity contribution in [3.63, 3.8) is 0 Å². The fraction of sp³-hybridized carbons (Fsp3) is 0.706. The van der Waals surface area contributed by atoms with E-state index >= 15 is 0 Å². The molecule has 0 bridgehead atoms. The number of epoxide rings is 1.